The maximum absolute atomic E-state index is 11.9. The van der Waals surface area contributed by atoms with Crippen molar-refractivity contribution in [3.05, 3.63) is 83.0 Å². The molecule has 0 aromatic heterocycles. The summed E-state index contributed by atoms with van der Waals surface area (Å²) in [4.78, 5) is 0. The van der Waals surface area contributed by atoms with Crippen LogP contribution in [0.25, 0.3) is 0 Å². The van der Waals surface area contributed by atoms with Crippen molar-refractivity contribution in [3.63, 3.8) is 0 Å². The molecule has 162 valence electrons. The van der Waals surface area contributed by atoms with Crippen molar-refractivity contribution >= 4 is 0 Å². The molecular formula is C21H20F6O2Zr. The van der Waals surface area contributed by atoms with Gasteiger partial charge in [0.1, 0.15) is 11.5 Å². The number of allylic oxidation sites excluding steroid dienone is 4. The molecule has 30 heavy (non-hydrogen) atoms. The topological polar surface area (TPSA) is 40.5 Å². The summed E-state index contributed by atoms with van der Waals surface area (Å²) in [6.07, 6.45) is -3.29. The fourth-order valence-corrected chi connectivity index (χ4v) is 2.26. The fourth-order valence-electron chi connectivity index (χ4n) is 2.26. The molecule has 0 spiro atoms. The number of hydrogen-bond donors (Lipinski definition) is 2. The van der Waals surface area contributed by atoms with Gasteiger partial charge in [0.15, 0.2) is 0 Å². The van der Waals surface area contributed by atoms with Crippen molar-refractivity contribution in [1.82, 2.24) is 0 Å². The van der Waals surface area contributed by atoms with E-state index in [4.69, 9.17) is 10.2 Å². The van der Waals surface area contributed by atoms with Gasteiger partial charge >= 0.3 is 12.4 Å². The maximum Gasteiger partial charge on any atom is 0.419 e. The van der Waals surface area contributed by atoms with E-state index in [0.29, 0.717) is 0 Å². The van der Waals surface area contributed by atoms with Gasteiger partial charge in [0.25, 0.3) is 0 Å². The average molecular weight is 510 g/mol. The van der Waals surface area contributed by atoms with Crippen molar-refractivity contribution in [2.45, 2.75) is 32.6 Å². The Morgan fingerprint density at radius 1 is 0.700 bits per heavy atom. The normalized spacial score (nSPS) is 12.9. The number of benzene rings is 2. The van der Waals surface area contributed by atoms with Crippen LogP contribution in [0.4, 0.5) is 26.3 Å². The van der Waals surface area contributed by atoms with Crippen molar-refractivity contribution in [2.24, 2.45) is 0 Å². The van der Waals surface area contributed by atoms with E-state index in [-0.39, 0.29) is 26.2 Å². The molecule has 0 heterocycles. The molecule has 2 aromatic rings. The average Bonchev–Trinajstić information content (AvgIpc) is 2.98. The first-order valence-corrected chi connectivity index (χ1v) is 8.36. The van der Waals surface area contributed by atoms with Crippen LogP contribution in [0.1, 0.15) is 31.4 Å². The van der Waals surface area contributed by atoms with Crippen LogP contribution in [0.5, 0.6) is 11.5 Å². The molecule has 0 atom stereocenters. The van der Waals surface area contributed by atoms with E-state index in [1.165, 1.54) is 41.8 Å². The molecule has 0 unspecified atom stereocenters. The van der Waals surface area contributed by atoms with E-state index >= 15 is 0 Å². The Hall–Kier alpha value is -2.02. The van der Waals surface area contributed by atoms with Gasteiger partial charge in [0, 0.05) is 26.2 Å². The van der Waals surface area contributed by atoms with Crippen LogP contribution in [0.15, 0.2) is 71.8 Å². The standard InChI is InChI=1S/2C7H5F3O.C7H10.Zr/c2*8-7(9,10)5-3-1-2-4-6(5)11;1-6-3-4-7(2)5-6;/h2*1-4,11H;3,5H,4H2,1-2H3;. The van der Waals surface area contributed by atoms with Gasteiger partial charge in [-0.3, -0.25) is 0 Å². The Morgan fingerprint density at radius 3 is 1.23 bits per heavy atom. The first kappa shape index (κ1) is 28.0. The monoisotopic (exact) mass is 508 g/mol. The summed E-state index contributed by atoms with van der Waals surface area (Å²) < 4.78 is 71.3. The van der Waals surface area contributed by atoms with Gasteiger partial charge in [-0.25, -0.2) is 0 Å². The smallest absolute Gasteiger partial charge is 0.419 e. The van der Waals surface area contributed by atoms with Crippen molar-refractivity contribution in [2.75, 3.05) is 0 Å². The van der Waals surface area contributed by atoms with E-state index in [1.807, 2.05) is 0 Å². The van der Waals surface area contributed by atoms with Crippen LogP contribution in [-0.2, 0) is 38.6 Å². The number of rotatable bonds is 0. The number of hydrogen-bond acceptors (Lipinski definition) is 2. The summed E-state index contributed by atoms with van der Waals surface area (Å²) in [5.74, 6) is -1.47. The predicted molar refractivity (Wildman–Crippen MR) is 98.3 cm³/mol. The Labute approximate surface area is 189 Å². The summed E-state index contributed by atoms with van der Waals surface area (Å²) in [6.45, 7) is 4.30. The number of halogens is 6. The Bertz CT molecular complexity index is 815. The molecule has 0 saturated heterocycles. The molecule has 2 aromatic carbocycles. The van der Waals surface area contributed by atoms with E-state index in [1.54, 1.807) is 0 Å². The minimum atomic E-state index is -4.47. The molecule has 0 radical (unpaired) electrons. The van der Waals surface area contributed by atoms with E-state index in [9.17, 15) is 26.3 Å². The summed E-state index contributed by atoms with van der Waals surface area (Å²) >= 11 is 0. The molecule has 0 aliphatic heterocycles. The third-order valence-electron chi connectivity index (χ3n) is 3.64. The van der Waals surface area contributed by atoms with Gasteiger partial charge in [-0.2, -0.15) is 26.3 Å². The van der Waals surface area contributed by atoms with Gasteiger partial charge in [-0.1, -0.05) is 47.6 Å². The van der Waals surface area contributed by atoms with Crippen LogP contribution >= 0.6 is 0 Å². The van der Waals surface area contributed by atoms with E-state index in [2.05, 4.69) is 26.0 Å². The molecular weight excluding hydrogens is 489 g/mol. The van der Waals surface area contributed by atoms with Crippen LogP contribution in [-0.4, -0.2) is 10.2 Å². The Balaban J connectivity index is 0.000000424. The molecule has 1 aliphatic rings. The van der Waals surface area contributed by atoms with Gasteiger partial charge in [-0.15, -0.1) is 0 Å². The van der Waals surface area contributed by atoms with Gasteiger partial charge < -0.3 is 10.2 Å². The molecule has 0 bridgehead atoms. The molecule has 0 saturated carbocycles. The number of alkyl halides is 6. The predicted octanol–water partition coefficient (Wildman–Crippen LogP) is 7.10. The summed E-state index contributed by atoms with van der Waals surface area (Å²) in [7, 11) is 0. The number of para-hydroxylation sites is 2. The van der Waals surface area contributed by atoms with E-state index < -0.39 is 35.0 Å². The van der Waals surface area contributed by atoms with Crippen molar-refractivity contribution < 1.29 is 62.8 Å². The Kier molecular flexibility index (Phi) is 11.2. The molecule has 2 N–H and O–H groups in total. The second kappa shape index (κ2) is 12.0. The zero-order valence-corrected chi connectivity index (χ0v) is 18.6. The van der Waals surface area contributed by atoms with Crippen LogP contribution in [0.2, 0.25) is 0 Å². The zero-order chi connectivity index (χ0) is 22.2. The van der Waals surface area contributed by atoms with Crippen LogP contribution in [0, 0.1) is 0 Å². The van der Waals surface area contributed by atoms with Crippen molar-refractivity contribution in [3.8, 4) is 11.5 Å². The third kappa shape index (κ3) is 9.66. The molecule has 3 rings (SSSR count). The number of phenols is 2. The van der Waals surface area contributed by atoms with Crippen LogP contribution in [0.3, 0.4) is 0 Å². The summed E-state index contributed by atoms with van der Waals surface area (Å²) in [6, 6.07) is 8.79. The maximum atomic E-state index is 11.9. The summed E-state index contributed by atoms with van der Waals surface area (Å²) in [5, 5.41) is 17.5. The largest absolute Gasteiger partial charge is 0.507 e. The molecule has 1 aliphatic carbocycles. The van der Waals surface area contributed by atoms with Crippen LogP contribution < -0.4 is 0 Å². The number of aromatic hydroxyl groups is 2. The zero-order valence-electron chi connectivity index (χ0n) is 16.1. The minimum Gasteiger partial charge on any atom is -0.507 e. The van der Waals surface area contributed by atoms with E-state index in [0.717, 1.165) is 24.3 Å². The third-order valence-corrected chi connectivity index (χ3v) is 3.64. The van der Waals surface area contributed by atoms with Gasteiger partial charge in [-0.05, 0) is 44.5 Å². The van der Waals surface area contributed by atoms with Crippen molar-refractivity contribution in [1.29, 1.82) is 0 Å². The molecule has 9 heteroatoms. The van der Waals surface area contributed by atoms with Gasteiger partial charge in [0.05, 0.1) is 11.1 Å². The fraction of sp³-hybridized carbons (Fsp3) is 0.238. The number of phenolic OH excluding ortho intramolecular Hbond substituents is 2. The molecule has 0 amide bonds. The summed E-state index contributed by atoms with van der Waals surface area (Å²) in [5.41, 5.74) is 0.898. The second-order valence-electron chi connectivity index (χ2n) is 6.17. The minimum absolute atomic E-state index is 0. The molecule has 2 nitrogen and oxygen atoms in total. The SMILES string of the molecule is CC1=CCC(C)=C1.Oc1ccccc1C(F)(F)F.Oc1ccccc1C(F)(F)F.[Zr]. The first-order valence-electron chi connectivity index (χ1n) is 8.36. The molecule has 0 fully saturated rings. The van der Waals surface area contributed by atoms with Gasteiger partial charge in [0.2, 0.25) is 0 Å². The Morgan fingerprint density at radius 2 is 1.07 bits per heavy atom. The first-order chi connectivity index (χ1) is 13.3. The quantitative estimate of drug-likeness (QED) is 0.372. The second-order valence-corrected chi connectivity index (χ2v) is 6.17.